The van der Waals surface area contributed by atoms with Crippen LogP contribution in [0.3, 0.4) is 0 Å². The lowest BCUT2D eigenvalue weighted by molar-refractivity contribution is -0.137. The summed E-state index contributed by atoms with van der Waals surface area (Å²) in [5.74, 6) is -2.75. The first-order valence-corrected chi connectivity index (χ1v) is 8.22. The van der Waals surface area contributed by atoms with Crippen molar-refractivity contribution in [1.29, 1.82) is 0 Å². The van der Waals surface area contributed by atoms with Gasteiger partial charge in [-0.05, 0) is 55.3 Å². The molecule has 0 spiro atoms. The van der Waals surface area contributed by atoms with Crippen LogP contribution in [0.4, 0.5) is 28.9 Å². The molecule has 1 aliphatic rings. The van der Waals surface area contributed by atoms with Crippen molar-refractivity contribution in [1.82, 2.24) is 0 Å². The fourth-order valence-corrected chi connectivity index (χ4v) is 2.96. The zero-order valence-corrected chi connectivity index (χ0v) is 14.3. The van der Waals surface area contributed by atoms with Crippen LogP contribution in [0.2, 0.25) is 0 Å². The molecule has 1 fully saturated rings. The Morgan fingerprint density at radius 2 is 1.81 bits per heavy atom. The Morgan fingerprint density at radius 3 is 2.44 bits per heavy atom. The molecular formula is C19H16F4N2O2. The molecule has 8 heteroatoms. The summed E-state index contributed by atoms with van der Waals surface area (Å²) in [6.45, 7) is 1.95. The van der Waals surface area contributed by atoms with Gasteiger partial charge in [-0.3, -0.25) is 9.59 Å². The van der Waals surface area contributed by atoms with E-state index >= 15 is 0 Å². The third-order valence-electron chi connectivity index (χ3n) is 4.39. The van der Waals surface area contributed by atoms with Gasteiger partial charge in [0.15, 0.2) is 0 Å². The van der Waals surface area contributed by atoms with Crippen molar-refractivity contribution in [2.45, 2.75) is 19.5 Å². The number of nitrogens with zero attached hydrogens (tertiary/aromatic N) is 1. The number of halogens is 4. The Hall–Kier alpha value is -2.90. The Balaban J connectivity index is 1.71. The van der Waals surface area contributed by atoms with E-state index in [4.69, 9.17) is 0 Å². The van der Waals surface area contributed by atoms with Crippen LogP contribution in [0.15, 0.2) is 42.5 Å². The van der Waals surface area contributed by atoms with Gasteiger partial charge in [0, 0.05) is 12.2 Å². The molecule has 0 aromatic heterocycles. The first-order chi connectivity index (χ1) is 12.7. The Morgan fingerprint density at radius 1 is 1.15 bits per heavy atom. The van der Waals surface area contributed by atoms with E-state index < -0.39 is 35.3 Å². The summed E-state index contributed by atoms with van der Waals surface area (Å²) in [5, 5.41) is 2.44. The lowest BCUT2D eigenvalue weighted by Crippen LogP contribution is -2.33. The summed E-state index contributed by atoms with van der Waals surface area (Å²) in [5.41, 5.74) is 0.209. The highest BCUT2D eigenvalue weighted by atomic mass is 19.4. The Labute approximate surface area is 152 Å². The van der Waals surface area contributed by atoms with Crippen LogP contribution in [0, 0.1) is 18.7 Å². The smallest absolute Gasteiger partial charge is 0.325 e. The molecule has 2 aromatic rings. The third kappa shape index (κ3) is 3.94. The SMILES string of the molecule is Cc1ccc(F)c(N2CC[C@@H](C(=O)Nc3ccc(C(F)(F)F)cc3)C2=O)c1. The van der Waals surface area contributed by atoms with Gasteiger partial charge >= 0.3 is 6.18 Å². The minimum absolute atomic E-state index is 0.116. The van der Waals surface area contributed by atoms with Gasteiger partial charge in [0.2, 0.25) is 11.8 Å². The molecule has 4 nitrogen and oxygen atoms in total. The van der Waals surface area contributed by atoms with Crippen molar-refractivity contribution in [3.63, 3.8) is 0 Å². The number of aryl methyl sites for hydroxylation is 1. The van der Waals surface area contributed by atoms with E-state index in [2.05, 4.69) is 5.32 Å². The molecule has 0 radical (unpaired) electrons. The Kier molecular flexibility index (Phi) is 4.91. The number of hydrogen-bond acceptors (Lipinski definition) is 2. The number of hydrogen-bond donors (Lipinski definition) is 1. The van der Waals surface area contributed by atoms with Crippen LogP contribution in [0.5, 0.6) is 0 Å². The van der Waals surface area contributed by atoms with E-state index in [0.717, 1.165) is 29.8 Å². The fraction of sp³-hybridized carbons (Fsp3) is 0.263. The molecule has 3 rings (SSSR count). The minimum atomic E-state index is -4.47. The second-order valence-electron chi connectivity index (χ2n) is 6.35. The zero-order valence-electron chi connectivity index (χ0n) is 14.3. The average molecular weight is 380 g/mol. The van der Waals surface area contributed by atoms with E-state index in [0.29, 0.717) is 0 Å². The van der Waals surface area contributed by atoms with E-state index in [1.54, 1.807) is 13.0 Å². The third-order valence-corrected chi connectivity index (χ3v) is 4.39. The molecule has 1 aliphatic heterocycles. The van der Waals surface area contributed by atoms with Gasteiger partial charge in [-0.15, -0.1) is 0 Å². The number of alkyl halides is 3. The average Bonchev–Trinajstić information content (AvgIpc) is 2.98. The van der Waals surface area contributed by atoms with Crippen LogP contribution in [-0.2, 0) is 15.8 Å². The highest BCUT2D eigenvalue weighted by molar-refractivity contribution is 6.13. The number of carbonyl (C=O) groups is 2. The quantitative estimate of drug-likeness (QED) is 0.643. The Bertz CT molecular complexity index is 878. The minimum Gasteiger partial charge on any atom is -0.325 e. The first-order valence-electron chi connectivity index (χ1n) is 8.22. The molecule has 142 valence electrons. The van der Waals surface area contributed by atoms with Crippen LogP contribution >= 0.6 is 0 Å². The van der Waals surface area contributed by atoms with Gasteiger partial charge in [-0.2, -0.15) is 13.2 Å². The molecule has 1 saturated heterocycles. The predicted molar refractivity (Wildman–Crippen MR) is 91.7 cm³/mol. The maximum absolute atomic E-state index is 14.0. The predicted octanol–water partition coefficient (Wildman–Crippen LogP) is 4.14. The number of benzene rings is 2. The summed E-state index contributed by atoms with van der Waals surface area (Å²) in [4.78, 5) is 26.1. The van der Waals surface area contributed by atoms with Crippen molar-refractivity contribution in [3.8, 4) is 0 Å². The molecule has 0 unspecified atom stereocenters. The molecule has 0 aliphatic carbocycles. The zero-order chi connectivity index (χ0) is 19.8. The van der Waals surface area contributed by atoms with Crippen molar-refractivity contribution in [3.05, 3.63) is 59.4 Å². The largest absolute Gasteiger partial charge is 0.416 e. The second-order valence-corrected chi connectivity index (χ2v) is 6.35. The number of anilines is 2. The number of carbonyl (C=O) groups excluding carboxylic acids is 2. The van der Waals surface area contributed by atoms with Gasteiger partial charge in [0.25, 0.3) is 0 Å². The van der Waals surface area contributed by atoms with Crippen molar-refractivity contribution >= 4 is 23.2 Å². The lowest BCUT2D eigenvalue weighted by Gasteiger charge is -2.18. The van der Waals surface area contributed by atoms with Gasteiger partial charge < -0.3 is 10.2 Å². The molecule has 1 atom stereocenters. The van der Waals surface area contributed by atoms with Crippen LogP contribution in [0.1, 0.15) is 17.5 Å². The normalized spacial score (nSPS) is 17.3. The fourth-order valence-electron chi connectivity index (χ4n) is 2.96. The number of amides is 2. The summed E-state index contributed by atoms with van der Waals surface area (Å²) >= 11 is 0. The highest BCUT2D eigenvalue weighted by Gasteiger charge is 2.38. The van der Waals surface area contributed by atoms with Gasteiger partial charge in [-0.25, -0.2) is 4.39 Å². The molecule has 0 bridgehead atoms. The molecule has 2 aromatic carbocycles. The lowest BCUT2D eigenvalue weighted by atomic mass is 10.1. The van der Waals surface area contributed by atoms with Gasteiger partial charge in [0.1, 0.15) is 11.7 Å². The van der Waals surface area contributed by atoms with Crippen molar-refractivity contribution in [2.75, 3.05) is 16.8 Å². The van der Waals surface area contributed by atoms with Gasteiger partial charge in [0.05, 0.1) is 11.3 Å². The molecule has 0 saturated carbocycles. The molecule has 27 heavy (non-hydrogen) atoms. The summed E-state index contributed by atoms with van der Waals surface area (Å²) in [6.07, 6.45) is -4.28. The van der Waals surface area contributed by atoms with Crippen LogP contribution in [0.25, 0.3) is 0 Å². The maximum Gasteiger partial charge on any atom is 0.416 e. The maximum atomic E-state index is 14.0. The van der Waals surface area contributed by atoms with Gasteiger partial charge in [-0.1, -0.05) is 6.07 Å². The van der Waals surface area contributed by atoms with E-state index in [1.165, 1.54) is 17.0 Å². The molecule has 1 heterocycles. The monoisotopic (exact) mass is 380 g/mol. The van der Waals surface area contributed by atoms with Crippen molar-refractivity contribution in [2.24, 2.45) is 5.92 Å². The number of rotatable bonds is 3. The molecule has 2 amide bonds. The van der Waals surface area contributed by atoms with E-state index in [1.807, 2.05) is 0 Å². The van der Waals surface area contributed by atoms with Crippen LogP contribution < -0.4 is 10.2 Å². The second kappa shape index (κ2) is 7.02. The number of nitrogens with one attached hydrogen (secondary N) is 1. The summed E-state index contributed by atoms with van der Waals surface area (Å²) in [6, 6.07) is 8.31. The summed E-state index contributed by atoms with van der Waals surface area (Å²) < 4.78 is 51.7. The molecule has 1 N–H and O–H groups in total. The van der Waals surface area contributed by atoms with E-state index in [-0.39, 0.29) is 24.3 Å². The topological polar surface area (TPSA) is 49.4 Å². The van der Waals surface area contributed by atoms with Crippen molar-refractivity contribution < 1.29 is 27.2 Å². The van der Waals surface area contributed by atoms with Crippen LogP contribution in [-0.4, -0.2) is 18.4 Å². The standard InChI is InChI=1S/C19H16F4N2O2/c1-11-2-7-15(20)16(10-11)25-9-8-14(18(25)27)17(26)24-13-5-3-12(4-6-13)19(21,22)23/h2-7,10,14H,8-9H2,1H3,(H,24,26)/t14-/m0/s1. The summed E-state index contributed by atoms with van der Waals surface area (Å²) in [7, 11) is 0. The molecular weight excluding hydrogens is 364 g/mol. The van der Waals surface area contributed by atoms with E-state index in [9.17, 15) is 27.2 Å². The first kappa shape index (κ1) is 18.9. The highest BCUT2D eigenvalue weighted by Crippen LogP contribution is 2.31.